The third-order valence-electron chi connectivity index (χ3n) is 3.59. The second-order valence-corrected chi connectivity index (χ2v) is 5.02. The van der Waals surface area contributed by atoms with Crippen molar-refractivity contribution in [2.45, 2.75) is 12.1 Å². The van der Waals surface area contributed by atoms with Crippen LogP contribution in [0.4, 0.5) is 0 Å². The zero-order valence-electron chi connectivity index (χ0n) is 11.0. The van der Waals surface area contributed by atoms with Gasteiger partial charge in [0.15, 0.2) is 5.69 Å². The predicted molar refractivity (Wildman–Crippen MR) is 67.4 cm³/mol. The van der Waals surface area contributed by atoms with Crippen LogP contribution in [0.1, 0.15) is 16.5 Å². The molecule has 10 nitrogen and oxygen atoms in total. The molecule has 0 bridgehead atoms. The molecule has 2 saturated heterocycles. The molecule has 21 heavy (non-hydrogen) atoms. The molecule has 3 heterocycles. The smallest absolute Gasteiger partial charge is 0.358 e. The molecule has 3 N–H and O–H groups in total. The van der Waals surface area contributed by atoms with E-state index < -0.39 is 12.0 Å². The summed E-state index contributed by atoms with van der Waals surface area (Å²) in [4.78, 5) is 35.5. The van der Waals surface area contributed by atoms with E-state index in [4.69, 9.17) is 5.11 Å². The Morgan fingerprint density at radius 1 is 1.38 bits per heavy atom. The number of aromatic nitrogens is 3. The number of nitrogens with zero attached hydrogens (tertiary/aromatic N) is 4. The van der Waals surface area contributed by atoms with Crippen molar-refractivity contribution in [1.82, 2.24) is 30.5 Å². The number of piperazine rings is 1. The molecule has 2 fully saturated rings. The zero-order valence-corrected chi connectivity index (χ0v) is 11.0. The molecule has 0 spiro atoms. The van der Waals surface area contributed by atoms with Crippen LogP contribution in [-0.4, -0.2) is 75.0 Å². The number of nitrogens with one attached hydrogen (secondary N) is 2. The number of carboxylic acid groups (broad SMARTS) is 1. The Morgan fingerprint density at radius 3 is 2.71 bits per heavy atom. The predicted octanol–water partition coefficient (Wildman–Crippen LogP) is -2.55. The fourth-order valence-electron chi connectivity index (χ4n) is 2.32. The standard InChI is InChI=1S/C11H14N6O4/c18-9-2-12-7(1-13-9)10(19)16-3-6(4-16)17-5-8(11(20)21)14-15-17/h5-7,12H,1-4H2,(H,13,18)(H,20,21). The molecule has 1 atom stereocenters. The highest BCUT2D eigenvalue weighted by atomic mass is 16.4. The molecule has 0 aromatic carbocycles. The van der Waals surface area contributed by atoms with Crippen LogP contribution in [0.5, 0.6) is 0 Å². The number of carbonyl (C=O) groups excluding carboxylic acids is 2. The fraction of sp³-hybridized carbons (Fsp3) is 0.545. The monoisotopic (exact) mass is 294 g/mol. The van der Waals surface area contributed by atoms with E-state index in [0.717, 1.165) is 0 Å². The van der Waals surface area contributed by atoms with E-state index >= 15 is 0 Å². The summed E-state index contributed by atoms with van der Waals surface area (Å²) in [6, 6.07) is -0.471. The number of carbonyl (C=O) groups is 3. The Bertz CT molecular complexity index is 583. The van der Waals surface area contributed by atoms with Gasteiger partial charge in [0.2, 0.25) is 11.8 Å². The summed E-state index contributed by atoms with van der Waals surface area (Å²) in [5.41, 5.74) is -0.114. The molecule has 2 amide bonds. The number of rotatable bonds is 3. The van der Waals surface area contributed by atoms with Crippen LogP contribution in [0.2, 0.25) is 0 Å². The van der Waals surface area contributed by atoms with Gasteiger partial charge in [-0.2, -0.15) is 0 Å². The van der Waals surface area contributed by atoms with Gasteiger partial charge in [0.05, 0.1) is 18.8 Å². The number of carboxylic acids is 1. The molecular weight excluding hydrogens is 280 g/mol. The first-order chi connectivity index (χ1) is 10.0. The maximum Gasteiger partial charge on any atom is 0.358 e. The van der Waals surface area contributed by atoms with Crippen molar-refractivity contribution in [2.24, 2.45) is 0 Å². The summed E-state index contributed by atoms with van der Waals surface area (Å²) >= 11 is 0. The maximum atomic E-state index is 12.2. The van der Waals surface area contributed by atoms with E-state index in [2.05, 4.69) is 20.9 Å². The summed E-state index contributed by atoms with van der Waals surface area (Å²) in [5, 5.41) is 21.6. The molecule has 1 aromatic heterocycles. The van der Waals surface area contributed by atoms with E-state index in [-0.39, 0.29) is 36.6 Å². The molecule has 2 aliphatic heterocycles. The Labute approximate surface area is 119 Å². The number of amides is 2. The Morgan fingerprint density at radius 2 is 2.14 bits per heavy atom. The third kappa shape index (κ3) is 2.57. The highest BCUT2D eigenvalue weighted by molar-refractivity contribution is 5.87. The number of aromatic carboxylic acids is 1. The number of likely N-dealkylation sites (tertiary alicyclic amines) is 1. The van der Waals surface area contributed by atoms with E-state index in [1.165, 1.54) is 10.9 Å². The molecule has 10 heteroatoms. The van der Waals surface area contributed by atoms with Crippen LogP contribution in [0.25, 0.3) is 0 Å². The second kappa shape index (κ2) is 5.13. The fourth-order valence-corrected chi connectivity index (χ4v) is 2.32. The largest absolute Gasteiger partial charge is 0.476 e. The first-order valence-electron chi connectivity index (χ1n) is 6.48. The van der Waals surface area contributed by atoms with Gasteiger partial charge in [-0.05, 0) is 0 Å². The van der Waals surface area contributed by atoms with Crippen LogP contribution >= 0.6 is 0 Å². The van der Waals surface area contributed by atoms with Gasteiger partial charge in [0.1, 0.15) is 6.04 Å². The molecule has 1 aromatic rings. The van der Waals surface area contributed by atoms with Crippen molar-refractivity contribution < 1.29 is 19.5 Å². The van der Waals surface area contributed by atoms with Gasteiger partial charge in [0, 0.05) is 19.6 Å². The Balaban J connectivity index is 1.54. The number of hydrogen-bond donors (Lipinski definition) is 3. The van der Waals surface area contributed by atoms with Gasteiger partial charge in [-0.25, -0.2) is 9.48 Å². The highest BCUT2D eigenvalue weighted by Gasteiger charge is 2.37. The summed E-state index contributed by atoms with van der Waals surface area (Å²) in [6.07, 6.45) is 1.36. The lowest BCUT2D eigenvalue weighted by molar-refractivity contribution is -0.140. The minimum absolute atomic E-state index is 0.0623. The van der Waals surface area contributed by atoms with Gasteiger partial charge in [-0.1, -0.05) is 5.21 Å². The maximum absolute atomic E-state index is 12.2. The van der Waals surface area contributed by atoms with E-state index in [9.17, 15) is 14.4 Å². The van der Waals surface area contributed by atoms with Crippen LogP contribution < -0.4 is 10.6 Å². The average Bonchev–Trinajstić information content (AvgIpc) is 2.87. The first-order valence-corrected chi connectivity index (χ1v) is 6.48. The minimum atomic E-state index is -1.13. The lowest BCUT2D eigenvalue weighted by Crippen LogP contribution is -2.62. The van der Waals surface area contributed by atoms with Crippen LogP contribution in [0.15, 0.2) is 6.20 Å². The van der Waals surface area contributed by atoms with Crippen molar-refractivity contribution in [1.29, 1.82) is 0 Å². The summed E-state index contributed by atoms with van der Waals surface area (Å²) in [5.74, 6) is -1.33. The van der Waals surface area contributed by atoms with Crippen molar-refractivity contribution >= 4 is 17.8 Å². The zero-order chi connectivity index (χ0) is 15.0. The van der Waals surface area contributed by atoms with Crippen LogP contribution in [0.3, 0.4) is 0 Å². The third-order valence-corrected chi connectivity index (χ3v) is 3.59. The van der Waals surface area contributed by atoms with Gasteiger partial charge >= 0.3 is 5.97 Å². The lowest BCUT2D eigenvalue weighted by atomic mass is 10.1. The van der Waals surface area contributed by atoms with Crippen molar-refractivity contribution in [2.75, 3.05) is 26.2 Å². The van der Waals surface area contributed by atoms with E-state index in [1.54, 1.807) is 4.90 Å². The molecule has 112 valence electrons. The van der Waals surface area contributed by atoms with Gasteiger partial charge in [-0.15, -0.1) is 5.10 Å². The van der Waals surface area contributed by atoms with E-state index in [1.807, 2.05) is 0 Å². The second-order valence-electron chi connectivity index (χ2n) is 5.02. The SMILES string of the molecule is O=C1CNC(C(=O)N2CC(n3cc(C(=O)O)nn3)C2)CN1. The number of hydrogen-bond acceptors (Lipinski definition) is 6. The van der Waals surface area contributed by atoms with Crippen molar-refractivity contribution in [3.8, 4) is 0 Å². The molecule has 0 saturated carbocycles. The molecule has 3 rings (SSSR count). The highest BCUT2D eigenvalue weighted by Crippen LogP contribution is 2.21. The summed E-state index contributed by atoms with van der Waals surface area (Å²) in [7, 11) is 0. The Hall–Kier alpha value is -2.49. The normalized spacial score (nSPS) is 22.6. The molecular formula is C11H14N6O4. The molecule has 0 radical (unpaired) electrons. The molecule has 2 aliphatic rings. The van der Waals surface area contributed by atoms with Crippen molar-refractivity contribution in [3.05, 3.63) is 11.9 Å². The average molecular weight is 294 g/mol. The first kappa shape index (κ1) is 13.5. The molecule has 0 aliphatic carbocycles. The van der Waals surface area contributed by atoms with Crippen molar-refractivity contribution in [3.63, 3.8) is 0 Å². The van der Waals surface area contributed by atoms with Crippen LogP contribution in [0, 0.1) is 0 Å². The lowest BCUT2D eigenvalue weighted by Gasteiger charge is -2.41. The van der Waals surface area contributed by atoms with Gasteiger partial charge in [0.25, 0.3) is 0 Å². The quantitative estimate of drug-likeness (QED) is 0.559. The molecule has 1 unspecified atom stereocenters. The van der Waals surface area contributed by atoms with Gasteiger partial charge < -0.3 is 15.3 Å². The topological polar surface area (TPSA) is 129 Å². The Kier molecular flexibility index (Phi) is 3.29. The summed E-state index contributed by atoms with van der Waals surface area (Å²) in [6.45, 7) is 1.32. The summed E-state index contributed by atoms with van der Waals surface area (Å²) < 4.78 is 1.46. The van der Waals surface area contributed by atoms with E-state index in [0.29, 0.717) is 13.1 Å². The van der Waals surface area contributed by atoms with Crippen LogP contribution in [-0.2, 0) is 9.59 Å². The van der Waals surface area contributed by atoms with Gasteiger partial charge in [-0.3, -0.25) is 14.9 Å². The minimum Gasteiger partial charge on any atom is -0.476 e.